The molecule has 1 aliphatic heterocycles. The van der Waals surface area contributed by atoms with Crippen molar-refractivity contribution < 1.29 is 17.6 Å². The minimum Gasteiger partial charge on any atom is -0.355 e. The summed E-state index contributed by atoms with van der Waals surface area (Å²) >= 11 is 12.5. The van der Waals surface area contributed by atoms with Crippen molar-refractivity contribution in [3.8, 4) is 0 Å². The van der Waals surface area contributed by atoms with Gasteiger partial charge in [0.1, 0.15) is 5.82 Å². The van der Waals surface area contributed by atoms with E-state index in [9.17, 15) is 17.6 Å². The van der Waals surface area contributed by atoms with Gasteiger partial charge in [0.25, 0.3) is 5.91 Å². The first-order chi connectivity index (χ1) is 22.6. The summed E-state index contributed by atoms with van der Waals surface area (Å²) in [5.74, 6) is -1.44. The summed E-state index contributed by atoms with van der Waals surface area (Å²) in [7, 11) is -2.55. The van der Waals surface area contributed by atoms with E-state index < -0.39 is 21.7 Å². The van der Waals surface area contributed by atoms with Crippen molar-refractivity contribution in [3.05, 3.63) is 129 Å². The number of hydrogen-bond acceptors (Lipinski definition) is 4. The topological polar surface area (TPSA) is 84.3 Å². The molecule has 1 saturated carbocycles. The number of hydrogen-bond donors (Lipinski definition) is 1. The quantitative estimate of drug-likeness (QED) is 0.168. The maximum atomic E-state index is 14.7. The van der Waals surface area contributed by atoms with E-state index >= 15 is 0 Å². The van der Waals surface area contributed by atoms with Gasteiger partial charge in [0.15, 0.2) is 0 Å². The molecular weight excluding hydrogens is 658 g/mol. The Morgan fingerprint density at radius 2 is 1.45 bits per heavy atom. The summed E-state index contributed by atoms with van der Waals surface area (Å²) in [5.41, 5.74) is 5.19. The van der Waals surface area contributed by atoms with Crippen molar-refractivity contribution in [1.29, 1.82) is 0 Å². The first-order valence-corrected chi connectivity index (χ1v) is 17.9. The van der Waals surface area contributed by atoms with Crippen LogP contribution in [0.5, 0.6) is 0 Å². The van der Waals surface area contributed by atoms with Crippen LogP contribution in [0, 0.1) is 5.82 Å². The number of nitrogens with one attached hydrogen (secondary N) is 1. The minimum atomic E-state index is -3.95. The Morgan fingerprint density at radius 3 is 2.00 bits per heavy atom. The van der Waals surface area contributed by atoms with Crippen molar-refractivity contribution in [2.45, 2.75) is 48.5 Å². The Hall–Kier alpha value is -3.76. The largest absolute Gasteiger partial charge is 0.355 e. The molecule has 11 heteroatoms. The number of nitrogens with zero attached hydrogens (tertiary/aromatic N) is 3. The van der Waals surface area contributed by atoms with Crippen LogP contribution in [0.3, 0.4) is 0 Å². The maximum Gasteiger partial charge on any atom is 0.253 e. The monoisotopic (exact) mass is 690 g/mol. The number of halogens is 3. The van der Waals surface area contributed by atoms with Gasteiger partial charge in [-0.2, -0.15) is 9.40 Å². The number of carbonyl (C=O) groups excluding carboxylic acids is 1. The summed E-state index contributed by atoms with van der Waals surface area (Å²) in [6.07, 6.45) is 3.34. The van der Waals surface area contributed by atoms with Gasteiger partial charge in [-0.1, -0.05) is 53.5 Å². The fourth-order valence-electron chi connectivity index (χ4n) is 6.70. The molecule has 4 aromatic carbocycles. The molecule has 1 amide bonds. The lowest BCUT2D eigenvalue weighted by atomic mass is 9.84. The normalized spacial score (nSPS) is 16.2. The number of fused-ring (bicyclic) bond motifs is 1. The molecule has 1 aliphatic carbocycles. The Morgan fingerprint density at radius 1 is 0.851 bits per heavy atom. The number of carbonyl (C=O) groups is 1. The van der Waals surface area contributed by atoms with Gasteiger partial charge in [-0.15, -0.1) is 0 Å². The summed E-state index contributed by atoms with van der Waals surface area (Å²) in [6.45, 7) is 0.585. The summed E-state index contributed by atoms with van der Waals surface area (Å²) in [6, 6.07) is 26.1. The highest BCUT2D eigenvalue weighted by Crippen LogP contribution is 2.44. The molecule has 7 nitrogen and oxygen atoms in total. The van der Waals surface area contributed by atoms with Crippen LogP contribution in [-0.4, -0.2) is 48.5 Å². The zero-order chi connectivity index (χ0) is 32.9. The molecule has 2 aliphatic rings. The molecule has 1 saturated heterocycles. The van der Waals surface area contributed by atoms with Gasteiger partial charge in [-0.05, 0) is 97.0 Å². The highest BCUT2D eigenvalue weighted by atomic mass is 35.5. The Labute approximate surface area is 283 Å². The van der Waals surface area contributed by atoms with Crippen LogP contribution < -0.4 is 5.32 Å². The highest BCUT2D eigenvalue weighted by molar-refractivity contribution is 7.89. The average molecular weight is 692 g/mol. The molecule has 5 aromatic rings. The van der Waals surface area contributed by atoms with E-state index in [2.05, 4.69) is 52.5 Å². The second-order valence-electron chi connectivity index (χ2n) is 12.3. The van der Waals surface area contributed by atoms with E-state index in [1.54, 1.807) is 0 Å². The van der Waals surface area contributed by atoms with Gasteiger partial charge in [-0.25, -0.2) is 12.8 Å². The number of piperidine rings is 1. The predicted molar refractivity (Wildman–Crippen MR) is 182 cm³/mol. The Bertz CT molecular complexity index is 2030. The third kappa shape index (κ3) is 6.18. The first kappa shape index (κ1) is 31.8. The fraction of sp³-hybridized carbons (Fsp3) is 0.278. The second kappa shape index (κ2) is 12.7. The molecule has 2 heterocycles. The molecule has 7 rings (SSSR count). The molecule has 242 valence electrons. The van der Waals surface area contributed by atoms with Crippen molar-refractivity contribution in [2.24, 2.45) is 0 Å². The van der Waals surface area contributed by atoms with Crippen LogP contribution >= 0.6 is 23.2 Å². The van der Waals surface area contributed by atoms with Gasteiger partial charge in [0.2, 0.25) is 10.0 Å². The number of rotatable bonds is 8. The number of benzene rings is 4. The molecule has 1 N–H and O–H groups in total. The molecular formula is C36H33Cl2FN4O3S. The summed E-state index contributed by atoms with van der Waals surface area (Å²) in [5, 5.41) is 9.84. The SMILES string of the molecule is CNC(=O)c1ccc(S(=O)(=O)N2CCC(c3c4cc(C(c5ccc(Cl)cc5)c5ccc(Cl)cc5)ccc4nn3C3CC3)CC2)cc1F. The summed E-state index contributed by atoms with van der Waals surface area (Å²) < 4.78 is 45.4. The molecule has 0 unspecified atom stereocenters. The van der Waals surface area contributed by atoms with Crippen LogP contribution in [0.25, 0.3) is 10.9 Å². The van der Waals surface area contributed by atoms with Crippen molar-refractivity contribution >= 4 is 50.0 Å². The van der Waals surface area contributed by atoms with E-state index in [0.29, 0.717) is 42.0 Å². The maximum absolute atomic E-state index is 14.7. The van der Waals surface area contributed by atoms with Crippen molar-refractivity contribution in [3.63, 3.8) is 0 Å². The smallest absolute Gasteiger partial charge is 0.253 e. The third-order valence-corrected chi connectivity index (χ3v) is 11.7. The van der Waals surface area contributed by atoms with Crippen molar-refractivity contribution in [2.75, 3.05) is 20.1 Å². The number of sulfonamides is 1. The number of aromatic nitrogens is 2. The zero-order valence-electron chi connectivity index (χ0n) is 25.7. The average Bonchev–Trinajstić information content (AvgIpc) is 3.86. The Kier molecular flexibility index (Phi) is 8.59. The molecule has 1 aromatic heterocycles. The second-order valence-corrected chi connectivity index (χ2v) is 15.1. The molecule has 2 fully saturated rings. The van der Waals surface area contributed by atoms with E-state index in [4.69, 9.17) is 28.3 Å². The van der Waals surface area contributed by atoms with Gasteiger partial charge < -0.3 is 5.32 Å². The van der Waals surface area contributed by atoms with E-state index in [0.717, 1.165) is 52.2 Å². The van der Waals surface area contributed by atoms with Gasteiger partial charge >= 0.3 is 0 Å². The van der Waals surface area contributed by atoms with E-state index in [-0.39, 0.29) is 22.3 Å². The summed E-state index contributed by atoms with van der Waals surface area (Å²) in [4.78, 5) is 11.8. The standard InChI is InChI=1S/C36H33Cl2FN4O3S/c1-40-36(44)30-14-13-29(21-32(30)39)47(45,46)42-18-16-24(17-19-42)35-31-20-25(6-15-33(31)41-43(35)28-11-12-28)34(22-2-7-26(37)8-3-22)23-4-9-27(38)10-5-23/h2-10,13-15,20-21,24,28,34H,11-12,16-19H2,1H3,(H,40,44). The molecule has 0 bridgehead atoms. The minimum absolute atomic E-state index is 0.0618. The molecule has 0 spiro atoms. The Balaban J connectivity index is 1.21. The van der Waals surface area contributed by atoms with Crippen LogP contribution in [0.4, 0.5) is 4.39 Å². The van der Waals surface area contributed by atoms with Crippen molar-refractivity contribution in [1.82, 2.24) is 19.4 Å². The lowest BCUT2D eigenvalue weighted by Gasteiger charge is -2.32. The number of amides is 1. The van der Waals surface area contributed by atoms with E-state index in [1.165, 1.54) is 23.5 Å². The zero-order valence-corrected chi connectivity index (χ0v) is 28.0. The molecule has 0 radical (unpaired) electrons. The van der Waals surface area contributed by atoms with Gasteiger partial charge in [0.05, 0.1) is 22.0 Å². The van der Waals surface area contributed by atoms with E-state index in [1.807, 2.05) is 24.3 Å². The van der Waals surface area contributed by atoms with Crippen LogP contribution in [0.2, 0.25) is 10.0 Å². The van der Waals surface area contributed by atoms with Gasteiger partial charge in [0, 0.05) is 53.1 Å². The van der Waals surface area contributed by atoms with Crippen LogP contribution in [-0.2, 0) is 10.0 Å². The third-order valence-electron chi connectivity index (χ3n) is 9.28. The van der Waals surface area contributed by atoms with Crippen LogP contribution in [0.15, 0.2) is 89.8 Å². The van der Waals surface area contributed by atoms with Gasteiger partial charge in [-0.3, -0.25) is 9.48 Å². The van der Waals surface area contributed by atoms with Crippen LogP contribution in [0.1, 0.15) is 76.3 Å². The highest BCUT2D eigenvalue weighted by Gasteiger charge is 2.36. The lowest BCUT2D eigenvalue weighted by molar-refractivity contribution is 0.0959. The lowest BCUT2D eigenvalue weighted by Crippen LogP contribution is -2.38. The molecule has 47 heavy (non-hydrogen) atoms. The fourth-order valence-corrected chi connectivity index (χ4v) is 8.44. The predicted octanol–water partition coefficient (Wildman–Crippen LogP) is 7.93. The first-order valence-electron chi connectivity index (χ1n) is 15.7. The molecule has 0 atom stereocenters.